The molecule has 2 aromatic rings. The van der Waals surface area contributed by atoms with Crippen molar-refractivity contribution in [1.82, 2.24) is 5.32 Å². The number of imide groups is 1. The molecular weight excluding hydrogens is 334 g/mol. The summed E-state index contributed by atoms with van der Waals surface area (Å²) in [5.74, 6) is -0.494. The minimum absolute atomic E-state index is 0.0594. The number of carbonyl (C=O) groups is 2. The first-order valence-corrected chi connectivity index (χ1v) is 6.51. The number of halogens is 2. The SMILES string of the molecule is CC(=O)NC(=O)c1ccc(-c2ccc(Br)cc2Cl)o1. The van der Waals surface area contributed by atoms with E-state index in [1.54, 1.807) is 18.2 Å². The van der Waals surface area contributed by atoms with Crippen molar-refractivity contribution in [3.63, 3.8) is 0 Å². The predicted octanol–water partition coefficient (Wildman–Crippen LogP) is 3.64. The highest BCUT2D eigenvalue weighted by atomic mass is 79.9. The topological polar surface area (TPSA) is 59.3 Å². The van der Waals surface area contributed by atoms with Gasteiger partial charge in [0.1, 0.15) is 5.76 Å². The number of hydrogen-bond acceptors (Lipinski definition) is 3. The van der Waals surface area contributed by atoms with Crippen molar-refractivity contribution in [2.75, 3.05) is 0 Å². The van der Waals surface area contributed by atoms with Gasteiger partial charge < -0.3 is 4.42 Å². The van der Waals surface area contributed by atoms with Crippen LogP contribution in [0.25, 0.3) is 11.3 Å². The maximum atomic E-state index is 11.6. The minimum Gasteiger partial charge on any atom is -0.451 e. The lowest BCUT2D eigenvalue weighted by Gasteiger charge is -2.01. The first-order valence-electron chi connectivity index (χ1n) is 5.34. The van der Waals surface area contributed by atoms with Gasteiger partial charge in [0.25, 0.3) is 5.91 Å². The summed E-state index contributed by atoms with van der Waals surface area (Å²) >= 11 is 9.40. The maximum Gasteiger partial charge on any atom is 0.293 e. The van der Waals surface area contributed by atoms with Gasteiger partial charge in [-0.2, -0.15) is 0 Å². The van der Waals surface area contributed by atoms with Crippen LogP contribution in [0, 0.1) is 0 Å². The largest absolute Gasteiger partial charge is 0.451 e. The van der Waals surface area contributed by atoms with Gasteiger partial charge in [-0.15, -0.1) is 0 Å². The molecule has 1 aromatic carbocycles. The lowest BCUT2D eigenvalue weighted by Crippen LogP contribution is -2.27. The molecule has 1 heterocycles. The zero-order valence-electron chi connectivity index (χ0n) is 9.87. The molecule has 1 aromatic heterocycles. The molecule has 0 bridgehead atoms. The Hall–Kier alpha value is -1.59. The van der Waals surface area contributed by atoms with Crippen LogP contribution in [0.4, 0.5) is 0 Å². The number of furan rings is 1. The van der Waals surface area contributed by atoms with E-state index in [1.165, 1.54) is 13.0 Å². The number of rotatable bonds is 2. The van der Waals surface area contributed by atoms with E-state index < -0.39 is 11.8 Å². The number of amides is 2. The van der Waals surface area contributed by atoms with E-state index in [0.717, 1.165) is 4.47 Å². The van der Waals surface area contributed by atoms with Crippen molar-refractivity contribution in [1.29, 1.82) is 0 Å². The van der Waals surface area contributed by atoms with Gasteiger partial charge in [-0.3, -0.25) is 14.9 Å². The Kier molecular flexibility index (Phi) is 4.07. The second kappa shape index (κ2) is 5.59. The van der Waals surface area contributed by atoms with E-state index in [-0.39, 0.29) is 5.76 Å². The molecule has 0 aliphatic heterocycles. The second-order valence-corrected chi connectivity index (χ2v) is 5.12. The highest BCUT2D eigenvalue weighted by Crippen LogP contribution is 2.31. The van der Waals surface area contributed by atoms with Crippen LogP contribution in [-0.4, -0.2) is 11.8 Å². The molecule has 0 unspecified atom stereocenters. The zero-order valence-corrected chi connectivity index (χ0v) is 12.2. The number of nitrogens with one attached hydrogen (secondary N) is 1. The molecular formula is C13H9BrClNO3. The Morgan fingerprint density at radius 1 is 1.26 bits per heavy atom. The monoisotopic (exact) mass is 341 g/mol. The second-order valence-electron chi connectivity index (χ2n) is 3.80. The van der Waals surface area contributed by atoms with Gasteiger partial charge in [0.05, 0.1) is 5.02 Å². The van der Waals surface area contributed by atoms with Crippen LogP contribution in [0.5, 0.6) is 0 Å². The molecule has 0 fully saturated rings. The fourth-order valence-corrected chi connectivity index (χ4v) is 2.28. The normalized spacial score (nSPS) is 10.3. The van der Waals surface area contributed by atoms with Crippen molar-refractivity contribution in [3.05, 3.63) is 45.6 Å². The van der Waals surface area contributed by atoms with Gasteiger partial charge in [-0.25, -0.2) is 0 Å². The molecule has 0 spiro atoms. The van der Waals surface area contributed by atoms with Gasteiger partial charge >= 0.3 is 0 Å². The van der Waals surface area contributed by atoms with Gasteiger partial charge in [-0.05, 0) is 30.3 Å². The smallest absolute Gasteiger partial charge is 0.293 e. The molecule has 0 saturated heterocycles. The molecule has 1 N–H and O–H groups in total. The van der Waals surface area contributed by atoms with Crippen molar-refractivity contribution in [2.24, 2.45) is 0 Å². The van der Waals surface area contributed by atoms with Crippen LogP contribution in [0.3, 0.4) is 0 Å². The summed E-state index contributed by atoms with van der Waals surface area (Å²) in [7, 11) is 0. The van der Waals surface area contributed by atoms with Crippen molar-refractivity contribution in [2.45, 2.75) is 6.92 Å². The van der Waals surface area contributed by atoms with Gasteiger partial charge in [-0.1, -0.05) is 27.5 Å². The fourth-order valence-electron chi connectivity index (χ4n) is 1.52. The molecule has 0 saturated carbocycles. The Morgan fingerprint density at radius 3 is 2.63 bits per heavy atom. The third kappa shape index (κ3) is 3.24. The van der Waals surface area contributed by atoms with Gasteiger partial charge in [0.2, 0.25) is 5.91 Å². The van der Waals surface area contributed by atoms with E-state index >= 15 is 0 Å². The number of hydrogen-bond donors (Lipinski definition) is 1. The Morgan fingerprint density at radius 2 is 2.00 bits per heavy atom. The van der Waals surface area contributed by atoms with E-state index in [2.05, 4.69) is 21.2 Å². The summed E-state index contributed by atoms with van der Waals surface area (Å²) in [4.78, 5) is 22.4. The standard InChI is InChI=1S/C13H9BrClNO3/c1-7(17)16-13(18)12-5-4-11(19-12)9-3-2-8(14)6-10(9)15/h2-6H,1H3,(H,16,17,18). The zero-order chi connectivity index (χ0) is 14.0. The van der Waals surface area contributed by atoms with E-state index in [0.29, 0.717) is 16.3 Å². The molecule has 0 radical (unpaired) electrons. The van der Waals surface area contributed by atoms with Crippen LogP contribution in [0.1, 0.15) is 17.5 Å². The summed E-state index contributed by atoms with van der Waals surface area (Å²) in [6.07, 6.45) is 0. The van der Waals surface area contributed by atoms with Crippen molar-refractivity contribution < 1.29 is 14.0 Å². The van der Waals surface area contributed by atoms with Crippen molar-refractivity contribution >= 4 is 39.3 Å². The summed E-state index contributed by atoms with van der Waals surface area (Å²) in [6, 6.07) is 8.45. The van der Waals surface area contributed by atoms with Crippen LogP contribution in [-0.2, 0) is 4.79 Å². The quantitative estimate of drug-likeness (QED) is 0.906. The average molecular weight is 343 g/mol. The Labute approximate surface area is 122 Å². The molecule has 19 heavy (non-hydrogen) atoms. The summed E-state index contributed by atoms with van der Waals surface area (Å²) in [5.41, 5.74) is 0.673. The lowest BCUT2D eigenvalue weighted by molar-refractivity contribution is -0.118. The van der Waals surface area contributed by atoms with Crippen molar-refractivity contribution in [3.8, 4) is 11.3 Å². The highest BCUT2D eigenvalue weighted by molar-refractivity contribution is 9.10. The first kappa shape index (κ1) is 13.8. The van der Waals surface area contributed by atoms with E-state index in [4.69, 9.17) is 16.0 Å². The third-order valence-electron chi connectivity index (χ3n) is 2.32. The molecule has 0 aliphatic carbocycles. The molecule has 2 amide bonds. The first-order chi connectivity index (χ1) is 8.97. The van der Waals surface area contributed by atoms with Gasteiger partial charge in [0, 0.05) is 17.0 Å². The summed E-state index contributed by atoms with van der Waals surface area (Å²) < 4.78 is 6.24. The lowest BCUT2D eigenvalue weighted by atomic mass is 10.2. The molecule has 4 nitrogen and oxygen atoms in total. The number of carbonyl (C=O) groups excluding carboxylic acids is 2. The Bertz CT molecular complexity index is 651. The number of benzene rings is 1. The van der Waals surface area contributed by atoms with Crippen LogP contribution >= 0.6 is 27.5 Å². The third-order valence-corrected chi connectivity index (χ3v) is 3.12. The van der Waals surface area contributed by atoms with Crippen LogP contribution in [0.2, 0.25) is 5.02 Å². The highest BCUT2D eigenvalue weighted by Gasteiger charge is 2.14. The summed E-state index contributed by atoms with van der Waals surface area (Å²) in [6.45, 7) is 1.26. The predicted molar refractivity (Wildman–Crippen MR) is 75.0 cm³/mol. The minimum atomic E-state index is -0.577. The van der Waals surface area contributed by atoms with Gasteiger partial charge in [0.15, 0.2) is 5.76 Å². The van der Waals surface area contributed by atoms with Crippen LogP contribution < -0.4 is 5.32 Å². The molecule has 0 aliphatic rings. The molecule has 0 atom stereocenters. The molecule has 2 rings (SSSR count). The molecule has 6 heteroatoms. The summed E-state index contributed by atoms with van der Waals surface area (Å²) in [5, 5.41) is 2.64. The van der Waals surface area contributed by atoms with E-state index in [9.17, 15) is 9.59 Å². The molecule has 98 valence electrons. The fraction of sp³-hybridized carbons (Fsp3) is 0.0769. The maximum absolute atomic E-state index is 11.6. The van der Waals surface area contributed by atoms with E-state index in [1.807, 2.05) is 6.07 Å². The Balaban J connectivity index is 2.30. The average Bonchev–Trinajstić information content (AvgIpc) is 2.77. The van der Waals surface area contributed by atoms with Crippen LogP contribution in [0.15, 0.2) is 39.2 Å².